The largest absolute Gasteiger partial charge is 0.458 e. The van der Waals surface area contributed by atoms with E-state index in [4.69, 9.17) is 37.9 Å². The summed E-state index contributed by atoms with van der Waals surface area (Å²) < 4.78 is 47.8. The van der Waals surface area contributed by atoms with Crippen LogP contribution in [0.25, 0.3) is 0 Å². The number of esters is 1. The highest BCUT2D eigenvalue weighted by molar-refractivity contribution is 5.85. The van der Waals surface area contributed by atoms with Crippen LogP contribution in [0.4, 0.5) is 0 Å². The average molecular weight is 795 g/mol. The number of aliphatic hydroxyl groups excluding tert-OH is 4. The molecule has 3 saturated heterocycles. The van der Waals surface area contributed by atoms with Gasteiger partial charge in [0.1, 0.15) is 24.9 Å². The zero-order valence-electron chi connectivity index (χ0n) is 33.9. The number of carbonyl (C=O) groups is 1. The lowest BCUT2D eigenvalue weighted by Gasteiger charge is -2.65. The molecule has 0 aromatic heterocycles. The highest BCUT2D eigenvalue weighted by Gasteiger charge is 2.71. The van der Waals surface area contributed by atoms with Gasteiger partial charge in [-0.05, 0) is 107 Å². The van der Waals surface area contributed by atoms with Gasteiger partial charge in [0.05, 0.1) is 54.4 Å². The zero-order valence-corrected chi connectivity index (χ0v) is 33.9. The Kier molecular flexibility index (Phi) is 11.6. The van der Waals surface area contributed by atoms with Crippen LogP contribution in [0.1, 0.15) is 105 Å². The third-order valence-corrected chi connectivity index (χ3v) is 16.2. The van der Waals surface area contributed by atoms with Crippen LogP contribution in [0.5, 0.6) is 0 Å². The van der Waals surface area contributed by atoms with Crippen LogP contribution in [-0.2, 0) is 42.7 Å². The van der Waals surface area contributed by atoms with Gasteiger partial charge in [0.25, 0.3) is 0 Å². The van der Waals surface area contributed by atoms with Crippen molar-refractivity contribution in [3.63, 3.8) is 0 Å². The van der Waals surface area contributed by atoms with Crippen molar-refractivity contribution in [3.8, 4) is 0 Å². The summed E-state index contributed by atoms with van der Waals surface area (Å²) in [4.78, 5) is 12.0. The van der Waals surface area contributed by atoms with Gasteiger partial charge in [-0.25, -0.2) is 4.79 Å². The third-order valence-electron chi connectivity index (χ3n) is 16.2. The molecule has 0 aromatic carbocycles. The first-order valence-corrected chi connectivity index (χ1v) is 21.3. The minimum absolute atomic E-state index is 0.0386. The predicted octanol–water partition coefficient (Wildman–Crippen LogP) is 2.87. The Morgan fingerprint density at radius 3 is 1.80 bits per heavy atom. The molecule has 56 heavy (non-hydrogen) atoms. The molecule has 0 unspecified atom stereocenters. The van der Waals surface area contributed by atoms with Gasteiger partial charge in [0.15, 0.2) is 18.9 Å². The summed E-state index contributed by atoms with van der Waals surface area (Å²) >= 11 is 0. The summed E-state index contributed by atoms with van der Waals surface area (Å²) in [5.74, 6) is 0.223. The molecule has 0 amide bonds. The molecule has 4 saturated carbocycles. The number of ether oxygens (including phenoxy) is 8. The third kappa shape index (κ3) is 7.02. The van der Waals surface area contributed by atoms with E-state index in [0.29, 0.717) is 18.8 Å². The number of hydrogen-bond donors (Lipinski definition) is 5. The molecule has 14 nitrogen and oxygen atoms in total. The number of cyclic esters (lactones) is 1. The van der Waals surface area contributed by atoms with Crippen molar-refractivity contribution >= 4 is 5.97 Å². The standard InChI is InChI=1S/C42H66O14/c1-20-37(49-6)29(43)16-35(51-20)55-39-22(3)53-36(18-31(39)45)56-38-21(2)52-34(17-30(38)44)54-25-9-11-40(4)24(14-25)7-8-27-28(40)15-32(46)41(5)26(10-12-42(27,41)48)23-13-33(47)50-19-23/h13,20-22,24-32,34-39,43-46,48H,7-12,14-19H2,1-6H3/t20-,21-,22-,24-,25+,26-,27-,28-,29+,30+,31+,32-,34+,35+,36+,37-,38+,39+,40+,41+,42+/m1/s1. The van der Waals surface area contributed by atoms with Crippen molar-refractivity contribution in [2.45, 2.75) is 197 Å². The van der Waals surface area contributed by atoms with E-state index in [2.05, 4.69) is 6.92 Å². The number of rotatable bonds is 8. The van der Waals surface area contributed by atoms with Gasteiger partial charge in [0.2, 0.25) is 0 Å². The Morgan fingerprint density at radius 1 is 0.696 bits per heavy atom. The fraction of sp³-hybridized carbons (Fsp3) is 0.929. The van der Waals surface area contributed by atoms with E-state index in [-0.39, 0.29) is 67.2 Å². The first kappa shape index (κ1) is 41.5. The molecule has 8 aliphatic rings. The summed E-state index contributed by atoms with van der Waals surface area (Å²) in [5, 5.41) is 57.3. The second-order valence-electron chi connectivity index (χ2n) is 19.0. The first-order chi connectivity index (χ1) is 26.5. The van der Waals surface area contributed by atoms with Gasteiger partial charge in [-0.3, -0.25) is 0 Å². The topological polar surface area (TPSA) is 192 Å². The summed E-state index contributed by atoms with van der Waals surface area (Å²) in [6, 6.07) is 0. The second-order valence-corrected chi connectivity index (χ2v) is 19.0. The number of aliphatic hydroxyl groups is 5. The lowest BCUT2D eigenvalue weighted by molar-refractivity contribution is -0.336. The molecule has 4 aliphatic heterocycles. The Bertz CT molecular complexity index is 1430. The highest BCUT2D eigenvalue weighted by Crippen LogP contribution is 2.70. The molecule has 4 aliphatic carbocycles. The van der Waals surface area contributed by atoms with Crippen LogP contribution in [0, 0.1) is 34.5 Å². The molecule has 8 rings (SSSR count). The van der Waals surface area contributed by atoms with E-state index in [9.17, 15) is 30.3 Å². The van der Waals surface area contributed by atoms with E-state index in [1.54, 1.807) is 13.0 Å². The van der Waals surface area contributed by atoms with Crippen LogP contribution in [0.15, 0.2) is 11.6 Å². The maximum atomic E-state index is 12.6. The van der Waals surface area contributed by atoms with Crippen LogP contribution in [0.2, 0.25) is 0 Å². The van der Waals surface area contributed by atoms with Crippen molar-refractivity contribution in [3.05, 3.63) is 11.6 Å². The predicted molar refractivity (Wildman–Crippen MR) is 197 cm³/mol. The van der Waals surface area contributed by atoms with Gasteiger partial charge >= 0.3 is 5.97 Å². The highest BCUT2D eigenvalue weighted by atomic mass is 16.7. The number of methoxy groups -OCH3 is 1. The minimum Gasteiger partial charge on any atom is -0.458 e. The molecule has 4 heterocycles. The summed E-state index contributed by atoms with van der Waals surface area (Å²) in [6.45, 7) is 10.1. The number of hydrogen-bond acceptors (Lipinski definition) is 14. The summed E-state index contributed by atoms with van der Waals surface area (Å²) in [7, 11) is 1.53. The Balaban J connectivity index is 0.832. The lowest BCUT2D eigenvalue weighted by Crippen LogP contribution is -2.67. The van der Waals surface area contributed by atoms with Crippen LogP contribution in [0.3, 0.4) is 0 Å². The van der Waals surface area contributed by atoms with Crippen molar-refractivity contribution in [1.29, 1.82) is 0 Å². The molecule has 0 radical (unpaired) electrons. The molecule has 7 fully saturated rings. The molecule has 0 spiro atoms. The molecular weight excluding hydrogens is 728 g/mol. The molecule has 5 N–H and O–H groups in total. The van der Waals surface area contributed by atoms with Gasteiger partial charge < -0.3 is 63.4 Å². The quantitative estimate of drug-likeness (QED) is 0.178. The number of fused-ring (bicyclic) bond motifs is 5. The van der Waals surface area contributed by atoms with Crippen LogP contribution < -0.4 is 0 Å². The molecule has 0 aromatic rings. The zero-order chi connectivity index (χ0) is 39.9. The van der Waals surface area contributed by atoms with Crippen molar-refractivity contribution in [2.24, 2.45) is 34.5 Å². The molecular formula is C42H66O14. The van der Waals surface area contributed by atoms with Crippen molar-refractivity contribution in [2.75, 3.05) is 13.7 Å². The van der Waals surface area contributed by atoms with E-state index in [1.165, 1.54) is 7.11 Å². The fourth-order valence-corrected chi connectivity index (χ4v) is 13.1. The van der Waals surface area contributed by atoms with Crippen molar-refractivity contribution in [1.82, 2.24) is 0 Å². The van der Waals surface area contributed by atoms with Crippen LogP contribution >= 0.6 is 0 Å². The first-order valence-electron chi connectivity index (χ1n) is 21.3. The van der Waals surface area contributed by atoms with Crippen LogP contribution in [-0.4, -0.2) is 137 Å². The maximum absolute atomic E-state index is 12.6. The minimum atomic E-state index is -1.01. The molecule has 0 bridgehead atoms. The molecule has 14 heteroatoms. The van der Waals surface area contributed by atoms with E-state index in [0.717, 1.165) is 44.1 Å². The summed E-state index contributed by atoms with van der Waals surface area (Å²) in [6.07, 6.45) is -0.0154. The lowest BCUT2D eigenvalue weighted by atomic mass is 9.42. The van der Waals surface area contributed by atoms with Crippen molar-refractivity contribution < 1.29 is 68.2 Å². The fourth-order valence-electron chi connectivity index (χ4n) is 13.1. The van der Waals surface area contributed by atoms with E-state index in [1.807, 2.05) is 20.8 Å². The monoisotopic (exact) mass is 794 g/mol. The van der Waals surface area contributed by atoms with Gasteiger partial charge in [0, 0.05) is 37.9 Å². The second kappa shape index (κ2) is 15.6. The average Bonchev–Trinajstić information content (AvgIpc) is 3.68. The normalized spacial score (nSPS) is 54.8. The molecule has 21 atom stereocenters. The van der Waals surface area contributed by atoms with Gasteiger partial charge in [-0.15, -0.1) is 0 Å². The molecule has 318 valence electrons. The summed E-state index contributed by atoms with van der Waals surface area (Å²) in [5.41, 5.74) is -0.877. The van der Waals surface area contributed by atoms with E-state index >= 15 is 0 Å². The smallest absolute Gasteiger partial charge is 0.331 e. The number of carbonyl (C=O) groups excluding carboxylic acids is 1. The Morgan fingerprint density at radius 2 is 1.27 bits per heavy atom. The van der Waals surface area contributed by atoms with Gasteiger partial charge in [-0.2, -0.15) is 0 Å². The van der Waals surface area contributed by atoms with E-state index < -0.39 is 84.8 Å². The Labute approximate surface area is 330 Å². The maximum Gasteiger partial charge on any atom is 0.331 e. The SMILES string of the molecule is CO[C@H]1[C@@H](O)C[C@H](O[C@@H]2[C@@H](O)C[C@H](O[C@@H]3[C@@H](O)C[C@H](O[C@H]4CC[C@@]5(C)[C@H](CC[C@@H]6[C@H]5C[C@@H](O)[C@]5(C)[C@@H](C7=CC(=O)OC7)CC[C@]65O)C4)O[C@@H]3C)O[C@@H]2C)O[C@@H]1C. The van der Waals surface area contributed by atoms with Gasteiger partial charge in [-0.1, -0.05) is 13.8 Å². The Hall–Kier alpha value is -1.27.